The lowest BCUT2D eigenvalue weighted by atomic mass is 10.1. The molecule has 0 unspecified atom stereocenters. The van der Waals surface area contributed by atoms with Gasteiger partial charge in [-0.25, -0.2) is 0 Å². The minimum atomic E-state index is -0.132. The van der Waals surface area contributed by atoms with Gasteiger partial charge in [0, 0.05) is 13.0 Å². The summed E-state index contributed by atoms with van der Waals surface area (Å²) in [7, 11) is 0. The summed E-state index contributed by atoms with van der Waals surface area (Å²) in [5.41, 5.74) is 0. The zero-order valence-electron chi connectivity index (χ0n) is 31.7. The minimum Gasteiger partial charge on any atom is -0.463 e. The van der Waals surface area contributed by atoms with Gasteiger partial charge in [-0.05, 0) is 12.8 Å². The molecular weight excluding hydrogens is 632 g/mol. The monoisotopic (exact) mass is 709 g/mol. The van der Waals surface area contributed by atoms with Crippen molar-refractivity contribution in [1.82, 2.24) is 0 Å². The van der Waals surface area contributed by atoms with Crippen molar-refractivity contribution in [3.05, 3.63) is 0 Å². The first-order valence-corrected chi connectivity index (χ1v) is 19.7. The van der Waals surface area contributed by atoms with Gasteiger partial charge in [-0.3, -0.25) is 4.79 Å². The van der Waals surface area contributed by atoms with E-state index < -0.39 is 0 Å². The largest absolute Gasteiger partial charge is 0.463 e. The summed E-state index contributed by atoms with van der Waals surface area (Å²) < 4.78 is 54.8. The third kappa shape index (κ3) is 45.1. The second-order valence-corrected chi connectivity index (χ2v) is 12.1. The highest BCUT2D eigenvalue weighted by atomic mass is 16.6. The molecule has 0 N–H and O–H groups in total. The Labute approximate surface area is 300 Å². The number of hydrogen-bond donors (Lipinski definition) is 0. The Morgan fingerprint density at radius 2 is 0.531 bits per heavy atom. The maximum Gasteiger partial charge on any atom is 0.305 e. The van der Waals surface area contributed by atoms with E-state index in [4.69, 9.17) is 47.4 Å². The zero-order chi connectivity index (χ0) is 35.4. The number of ether oxygens (including phenoxy) is 10. The summed E-state index contributed by atoms with van der Waals surface area (Å²) in [5, 5.41) is 0. The van der Waals surface area contributed by atoms with Crippen molar-refractivity contribution in [3.8, 4) is 0 Å². The van der Waals surface area contributed by atoms with Gasteiger partial charge in [-0.1, -0.05) is 97.3 Å². The molecule has 11 heteroatoms. The summed E-state index contributed by atoms with van der Waals surface area (Å²) in [6, 6.07) is 0. The molecule has 0 rings (SSSR count). The van der Waals surface area contributed by atoms with E-state index in [9.17, 15) is 4.79 Å². The van der Waals surface area contributed by atoms with Crippen LogP contribution in [-0.4, -0.2) is 132 Å². The number of hydrogen-bond acceptors (Lipinski definition) is 11. The van der Waals surface area contributed by atoms with Crippen LogP contribution in [0.15, 0.2) is 0 Å². The molecule has 0 aromatic rings. The Kier molecular flexibility index (Phi) is 44.3. The first kappa shape index (κ1) is 48.1. The lowest BCUT2D eigenvalue weighted by molar-refractivity contribution is -0.145. The molecule has 0 aliphatic rings. The molecule has 0 aliphatic carbocycles. The number of carbonyl (C=O) groups is 1. The number of rotatable bonds is 44. The molecule has 0 aromatic carbocycles. The molecule has 0 amide bonds. The van der Waals surface area contributed by atoms with E-state index in [0.29, 0.717) is 125 Å². The number of unbranched alkanes of at least 4 members (excludes halogenated alkanes) is 13. The van der Waals surface area contributed by atoms with Crippen LogP contribution in [0.2, 0.25) is 0 Å². The van der Waals surface area contributed by atoms with Gasteiger partial charge in [0.25, 0.3) is 0 Å². The molecule has 0 spiro atoms. The second kappa shape index (κ2) is 45.1. The van der Waals surface area contributed by atoms with Crippen LogP contribution in [0.25, 0.3) is 0 Å². The molecule has 0 radical (unpaired) electrons. The smallest absolute Gasteiger partial charge is 0.305 e. The second-order valence-electron chi connectivity index (χ2n) is 12.1. The highest BCUT2D eigenvalue weighted by molar-refractivity contribution is 5.69. The van der Waals surface area contributed by atoms with E-state index in [-0.39, 0.29) is 5.97 Å². The van der Waals surface area contributed by atoms with Crippen LogP contribution >= 0.6 is 0 Å². The lowest BCUT2D eigenvalue weighted by Gasteiger charge is -2.09. The average molecular weight is 709 g/mol. The number of carbonyl (C=O) groups excluding carboxylic acids is 1. The zero-order valence-corrected chi connectivity index (χ0v) is 31.7. The first-order valence-electron chi connectivity index (χ1n) is 19.7. The Balaban J connectivity index is 3.10. The Bertz CT molecular complexity index is 612. The van der Waals surface area contributed by atoms with Crippen molar-refractivity contribution in [2.24, 2.45) is 0 Å². The molecule has 0 saturated heterocycles. The molecule has 0 saturated carbocycles. The van der Waals surface area contributed by atoms with Crippen LogP contribution in [0.1, 0.15) is 117 Å². The third-order valence-electron chi connectivity index (χ3n) is 7.59. The SMILES string of the molecule is CCCCCCCCCCCC(=O)OCCOCCOCCOCCOCCOCCOCCOCCOCCOCCCCCCCC. The van der Waals surface area contributed by atoms with Gasteiger partial charge < -0.3 is 47.4 Å². The molecule has 0 aromatic heterocycles. The van der Waals surface area contributed by atoms with Gasteiger partial charge in [-0.15, -0.1) is 0 Å². The van der Waals surface area contributed by atoms with E-state index in [2.05, 4.69) is 13.8 Å². The Morgan fingerprint density at radius 3 is 0.857 bits per heavy atom. The van der Waals surface area contributed by atoms with Crippen molar-refractivity contribution in [3.63, 3.8) is 0 Å². The van der Waals surface area contributed by atoms with Crippen LogP contribution < -0.4 is 0 Å². The van der Waals surface area contributed by atoms with Crippen molar-refractivity contribution >= 4 is 5.97 Å². The molecule has 49 heavy (non-hydrogen) atoms. The van der Waals surface area contributed by atoms with E-state index >= 15 is 0 Å². The highest BCUT2D eigenvalue weighted by Crippen LogP contribution is 2.11. The molecule has 294 valence electrons. The van der Waals surface area contributed by atoms with Crippen molar-refractivity contribution in [1.29, 1.82) is 0 Å². The van der Waals surface area contributed by atoms with E-state index in [1.807, 2.05) is 0 Å². The fourth-order valence-electron chi connectivity index (χ4n) is 4.71. The lowest BCUT2D eigenvalue weighted by Crippen LogP contribution is -2.15. The quantitative estimate of drug-likeness (QED) is 0.0484. The molecule has 0 atom stereocenters. The maximum absolute atomic E-state index is 11.8. The van der Waals surface area contributed by atoms with Crippen LogP contribution in [0.3, 0.4) is 0 Å². The van der Waals surface area contributed by atoms with Crippen LogP contribution in [-0.2, 0) is 52.2 Å². The van der Waals surface area contributed by atoms with Gasteiger partial charge >= 0.3 is 5.97 Å². The van der Waals surface area contributed by atoms with Gasteiger partial charge in [0.2, 0.25) is 0 Å². The first-order chi connectivity index (χ1) is 24.3. The topological polar surface area (TPSA) is 109 Å². The fourth-order valence-corrected chi connectivity index (χ4v) is 4.71. The molecule has 0 heterocycles. The van der Waals surface area contributed by atoms with Crippen LogP contribution in [0.4, 0.5) is 0 Å². The Morgan fingerprint density at radius 1 is 0.286 bits per heavy atom. The third-order valence-corrected chi connectivity index (χ3v) is 7.59. The van der Waals surface area contributed by atoms with Crippen molar-refractivity contribution < 1.29 is 52.2 Å². The maximum atomic E-state index is 11.8. The van der Waals surface area contributed by atoms with E-state index in [1.54, 1.807) is 0 Å². The predicted molar refractivity (Wildman–Crippen MR) is 194 cm³/mol. The predicted octanol–water partition coefficient (Wildman–Crippen LogP) is 6.96. The van der Waals surface area contributed by atoms with Crippen molar-refractivity contribution in [2.45, 2.75) is 117 Å². The van der Waals surface area contributed by atoms with Crippen LogP contribution in [0, 0.1) is 0 Å². The molecule has 11 nitrogen and oxygen atoms in total. The summed E-state index contributed by atoms with van der Waals surface area (Å²) in [5.74, 6) is -0.132. The van der Waals surface area contributed by atoms with Crippen LogP contribution in [0.5, 0.6) is 0 Å². The Hall–Kier alpha value is -0.890. The summed E-state index contributed by atoms with van der Waals surface area (Å²) in [6.07, 6.45) is 19.3. The van der Waals surface area contributed by atoms with Gasteiger partial charge in [0.15, 0.2) is 0 Å². The summed E-state index contributed by atoms with van der Waals surface area (Å²) >= 11 is 0. The van der Waals surface area contributed by atoms with Gasteiger partial charge in [0.05, 0.1) is 112 Å². The molecular formula is C38H76O11. The molecule has 0 bridgehead atoms. The average Bonchev–Trinajstić information content (AvgIpc) is 3.11. The minimum absolute atomic E-state index is 0.132. The highest BCUT2D eigenvalue weighted by Gasteiger charge is 2.03. The fraction of sp³-hybridized carbons (Fsp3) is 0.974. The molecule has 0 aliphatic heterocycles. The van der Waals surface area contributed by atoms with Crippen molar-refractivity contribution in [2.75, 3.05) is 126 Å². The molecule has 0 fully saturated rings. The van der Waals surface area contributed by atoms with Gasteiger partial charge in [-0.2, -0.15) is 0 Å². The summed E-state index contributed by atoms with van der Waals surface area (Å²) in [6.45, 7) is 14.5. The van der Waals surface area contributed by atoms with Gasteiger partial charge in [0.1, 0.15) is 6.61 Å². The normalized spacial score (nSPS) is 11.5. The summed E-state index contributed by atoms with van der Waals surface area (Å²) in [4.78, 5) is 11.8. The number of esters is 1. The van der Waals surface area contributed by atoms with E-state index in [1.165, 1.54) is 77.0 Å². The standard InChI is InChI=1S/C38H76O11/c1-3-5-7-9-11-12-13-14-16-18-38(39)49-37-36-48-35-34-47-33-32-46-31-30-45-29-28-44-27-26-43-25-24-42-23-22-41-21-20-40-19-17-15-10-8-6-4-2/h3-37H2,1-2H3. The van der Waals surface area contributed by atoms with E-state index in [0.717, 1.165) is 25.9 Å².